The van der Waals surface area contributed by atoms with Crippen molar-refractivity contribution < 1.29 is 4.79 Å². The Labute approximate surface area is 100 Å². The van der Waals surface area contributed by atoms with Crippen LogP contribution in [0, 0.1) is 11.8 Å². The molecule has 1 unspecified atom stereocenters. The van der Waals surface area contributed by atoms with Gasteiger partial charge in [0.15, 0.2) is 0 Å². The van der Waals surface area contributed by atoms with Crippen LogP contribution < -0.4 is 5.32 Å². The van der Waals surface area contributed by atoms with E-state index in [0.717, 1.165) is 37.9 Å². The molecule has 1 N–H and O–H groups in total. The molecule has 0 bridgehead atoms. The maximum atomic E-state index is 11.0. The van der Waals surface area contributed by atoms with E-state index >= 15 is 0 Å². The molecule has 0 saturated carbocycles. The first-order valence-corrected chi connectivity index (χ1v) is 5.94. The summed E-state index contributed by atoms with van der Waals surface area (Å²) in [5.41, 5.74) is 0.893. The highest BCUT2D eigenvalue weighted by molar-refractivity contribution is 6.31. The summed E-state index contributed by atoms with van der Waals surface area (Å²) < 4.78 is 0. The fourth-order valence-corrected chi connectivity index (χ4v) is 2.36. The number of aromatic nitrogens is 1. The number of nitrogens with one attached hydrogen (secondary N) is 1. The second-order valence-electron chi connectivity index (χ2n) is 4.19. The Morgan fingerprint density at radius 3 is 3.25 bits per heavy atom. The van der Waals surface area contributed by atoms with E-state index in [9.17, 15) is 4.79 Å². The molecule has 0 aliphatic carbocycles. The number of rotatable bonds is 3. The van der Waals surface area contributed by atoms with E-state index in [2.05, 4.69) is 10.3 Å². The average molecular weight is 239 g/mol. The SMILES string of the molecule is O=CC1CCNC[C@@H]1Cc1ncccc1Cl. The van der Waals surface area contributed by atoms with Crippen LogP contribution in [0.15, 0.2) is 18.3 Å². The fourth-order valence-electron chi connectivity index (χ4n) is 2.16. The predicted molar refractivity (Wildman–Crippen MR) is 63.5 cm³/mol. The van der Waals surface area contributed by atoms with Crippen LogP contribution in [0.3, 0.4) is 0 Å². The van der Waals surface area contributed by atoms with E-state index in [1.165, 1.54) is 0 Å². The Morgan fingerprint density at radius 1 is 1.62 bits per heavy atom. The average Bonchev–Trinajstić information content (AvgIpc) is 2.33. The number of aldehydes is 1. The van der Waals surface area contributed by atoms with Gasteiger partial charge in [-0.2, -0.15) is 0 Å². The predicted octanol–water partition coefficient (Wildman–Crippen LogP) is 1.70. The minimum Gasteiger partial charge on any atom is -0.316 e. The molecule has 4 heteroatoms. The van der Waals surface area contributed by atoms with E-state index in [0.29, 0.717) is 10.9 Å². The number of carbonyl (C=O) groups excluding carboxylic acids is 1. The molecule has 1 fully saturated rings. The zero-order valence-corrected chi connectivity index (χ0v) is 9.78. The van der Waals surface area contributed by atoms with Gasteiger partial charge in [0, 0.05) is 12.1 Å². The molecule has 2 heterocycles. The van der Waals surface area contributed by atoms with Gasteiger partial charge in [0.05, 0.1) is 10.7 Å². The molecule has 2 atom stereocenters. The Bertz CT molecular complexity index is 370. The summed E-state index contributed by atoms with van der Waals surface area (Å²) in [6.45, 7) is 1.80. The van der Waals surface area contributed by atoms with Crippen LogP contribution >= 0.6 is 11.6 Å². The summed E-state index contributed by atoms with van der Waals surface area (Å²) in [5, 5.41) is 4.00. The molecule has 1 aromatic rings. The lowest BCUT2D eigenvalue weighted by molar-refractivity contribution is -0.113. The van der Waals surface area contributed by atoms with Crippen molar-refractivity contribution in [1.29, 1.82) is 0 Å². The minimum absolute atomic E-state index is 0.138. The number of nitrogens with zero attached hydrogens (tertiary/aromatic N) is 1. The molecule has 16 heavy (non-hydrogen) atoms. The fraction of sp³-hybridized carbons (Fsp3) is 0.500. The zero-order valence-electron chi connectivity index (χ0n) is 9.03. The van der Waals surface area contributed by atoms with Gasteiger partial charge >= 0.3 is 0 Å². The number of halogens is 1. The Hall–Kier alpha value is -0.930. The van der Waals surface area contributed by atoms with Gasteiger partial charge in [-0.1, -0.05) is 11.6 Å². The molecular formula is C12H15ClN2O. The number of carbonyl (C=O) groups is 1. The summed E-state index contributed by atoms with van der Waals surface area (Å²) in [5.74, 6) is 0.456. The van der Waals surface area contributed by atoms with Crippen molar-refractivity contribution >= 4 is 17.9 Å². The third-order valence-corrected chi connectivity index (χ3v) is 3.48. The smallest absolute Gasteiger partial charge is 0.123 e. The van der Waals surface area contributed by atoms with Crippen LogP contribution in [0.25, 0.3) is 0 Å². The lowest BCUT2D eigenvalue weighted by Gasteiger charge is -2.28. The number of piperidine rings is 1. The first kappa shape index (κ1) is 11.6. The zero-order chi connectivity index (χ0) is 11.4. The highest BCUT2D eigenvalue weighted by Gasteiger charge is 2.25. The van der Waals surface area contributed by atoms with E-state index in [1.54, 1.807) is 6.20 Å². The number of pyridine rings is 1. The highest BCUT2D eigenvalue weighted by atomic mass is 35.5. The quantitative estimate of drug-likeness (QED) is 0.816. The van der Waals surface area contributed by atoms with E-state index in [-0.39, 0.29) is 5.92 Å². The van der Waals surface area contributed by atoms with Crippen molar-refractivity contribution in [3.8, 4) is 0 Å². The van der Waals surface area contributed by atoms with Crippen molar-refractivity contribution in [1.82, 2.24) is 10.3 Å². The largest absolute Gasteiger partial charge is 0.316 e. The van der Waals surface area contributed by atoms with Gasteiger partial charge < -0.3 is 10.1 Å². The van der Waals surface area contributed by atoms with Gasteiger partial charge in [-0.25, -0.2) is 0 Å². The molecule has 1 saturated heterocycles. The normalized spacial score (nSPS) is 25.3. The van der Waals surface area contributed by atoms with E-state index in [4.69, 9.17) is 11.6 Å². The number of hydrogen-bond acceptors (Lipinski definition) is 3. The van der Waals surface area contributed by atoms with Gasteiger partial charge in [0.1, 0.15) is 6.29 Å². The van der Waals surface area contributed by atoms with Crippen molar-refractivity contribution in [3.05, 3.63) is 29.0 Å². The van der Waals surface area contributed by atoms with Crippen LogP contribution in [-0.4, -0.2) is 24.4 Å². The summed E-state index contributed by atoms with van der Waals surface area (Å²) in [4.78, 5) is 15.2. The standard InChI is InChI=1S/C12H15ClN2O/c13-11-2-1-4-15-12(11)6-10-7-14-5-3-9(10)8-16/h1-2,4,8-10,14H,3,5-7H2/t9?,10-/m0/s1. The minimum atomic E-state index is 0.138. The summed E-state index contributed by atoms with van der Waals surface area (Å²) >= 11 is 6.06. The summed E-state index contributed by atoms with van der Waals surface area (Å²) in [6, 6.07) is 3.66. The molecule has 3 nitrogen and oxygen atoms in total. The molecule has 86 valence electrons. The molecule has 0 aromatic carbocycles. The van der Waals surface area contributed by atoms with Gasteiger partial charge in [0.2, 0.25) is 0 Å². The highest BCUT2D eigenvalue weighted by Crippen LogP contribution is 2.23. The monoisotopic (exact) mass is 238 g/mol. The van der Waals surface area contributed by atoms with Crippen molar-refractivity contribution in [3.63, 3.8) is 0 Å². The second kappa shape index (κ2) is 5.41. The Kier molecular flexibility index (Phi) is 3.91. The second-order valence-corrected chi connectivity index (χ2v) is 4.60. The van der Waals surface area contributed by atoms with Crippen LogP contribution in [-0.2, 0) is 11.2 Å². The van der Waals surface area contributed by atoms with Crippen LogP contribution in [0.2, 0.25) is 5.02 Å². The van der Waals surface area contributed by atoms with Gasteiger partial charge in [-0.3, -0.25) is 4.98 Å². The maximum Gasteiger partial charge on any atom is 0.123 e. The number of hydrogen-bond donors (Lipinski definition) is 1. The molecular weight excluding hydrogens is 224 g/mol. The lowest BCUT2D eigenvalue weighted by atomic mass is 9.84. The first-order valence-electron chi connectivity index (χ1n) is 5.56. The molecule has 0 radical (unpaired) electrons. The van der Waals surface area contributed by atoms with E-state index < -0.39 is 0 Å². The Balaban J connectivity index is 2.08. The summed E-state index contributed by atoms with van der Waals surface area (Å²) in [7, 11) is 0. The van der Waals surface area contributed by atoms with Crippen molar-refractivity contribution in [2.24, 2.45) is 11.8 Å². The Morgan fingerprint density at radius 2 is 2.50 bits per heavy atom. The molecule has 1 aromatic heterocycles. The topological polar surface area (TPSA) is 42.0 Å². The van der Waals surface area contributed by atoms with Crippen LogP contribution in [0.4, 0.5) is 0 Å². The van der Waals surface area contributed by atoms with Gasteiger partial charge in [-0.15, -0.1) is 0 Å². The van der Waals surface area contributed by atoms with Gasteiger partial charge in [-0.05, 0) is 44.0 Å². The first-order chi connectivity index (χ1) is 7.81. The van der Waals surface area contributed by atoms with Gasteiger partial charge in [0.25, 0.3) is 0 Å². The summed E-state index contributed by atoms with van der Waals surface area (Å²) in [6.07, 6.45) is 4.50. The molecule has 2 rings (SSSR count). The van der Waals surface area contributed by atoms with E-state index in [1.807, 2.05) is 12.1 Å². The van der Waals surface area contributed by atoms with Crippen molar-refractivity contribution in [2.45, 2.75) is 12.8 Å². The van der Waals surface area contributed by atoms with Crippen LogP contribution in [0.5, 0.6) is 0 Å². The van der Waals surface area contributed by atoms with Crippen LogP contribution in [0.1, 0.15) is 12.1 Å². The molecule has 0 amide bonds. The molecule has 0 spiro atoms. The third-order valence-electron chi connectivity index (χ3n) is 3.13. The molecule has 1 aliphatic rings. The third kappa shape index (κ3) is 2.60. The maximum absolute atomic E-state index is 11.0. The van der Waals surface area contributed by atoms with Crippen molar-refractivity contribution in [2.75, 3.05) is 13.1 Å². The lowest BCUT2D eigenvalue weighted by Crippen LogP contribution is -2.38. The molecule has 1 aliphatic heterocycles.